The fraction of sp³-hybridized carbons (Fsp3) is 0.214. The van der Waals surface area contributed by atoms with Gasteiger partial charge in [0.15, 0.2) is 0 Å². The van der Waals surface area contributed by atoms with Gasteiger partial charge in [-0.3, -0.25) is 9.59 Å². The molecule has 1 heterocycles. The maximum Gasteiger partial charge on any atom is 0.283 e. The first-order chi connectivity index (χ1) is 17.0. The van der Waals surface area contributed by atoms with Crippen LogP contribution < -0.4 is 15.0 Å². The minimum absolute atomic E-state index is 0.245. The van der Waals surface area contributed by atoms with Crippen molar-refractivity contribution in [3.8, 4) is 5.75 Å². The molecule has 7 heteroatoms. The Kier molecular flexibility index (Phi) is 8.16. The Morgan fingerprint density at radius 2 is 1.57 bits per heavy atom. The van der Waals surface area contributed by atoms with Crippen molar-refractivity contribution in [2.45, 2.75) is 38.0 Å². The average molecular weight is 507 g/mol. The summed E-state index contributed by atoms with van der Waals surface area (Å²) in [4.78, 5) is 29.4. The molecule has 1 aliphatic heterocycles. The first kappa shape index (κ1) is 24.9. The van der Waals surface area contributed by atoms with E-state index in [2.05, 4.69) is 12.2 Å². The maximum atomic E-state index is 13.5. The molecule has 0 aliphatic carbocycles. The second-order valence-electron chi connectivity index (χ2n) is 8.06. The van der Waals surface area contributed by atoms with E-state index in [9.17, 15) is 9.59 Å². The van der Waals surface area contributed by atoms with Crippen molar-refractivity contribution in [1.29, 1.82) is 0 Å². The Hall–Kier alpha value is -3.22. The largest absolute Gasteiger partial charge is 0.494 e. The number of anilines is 2. The van der Waals surface area contributed by atoms with Crippen LogP contribution in [0.25, 0.3) is 0 Å². The van der Waals surface area contributed by atoms with Gasteiger partial charge >= 0.3 is 0 Å². The van der Waals surface area contributed by atoms with E-state index in [1.165, 1.54) is 22.2 Å². The van der Waals surface area contributed by atoms with E-state index in [0.717, 1.165) is 29.9 Å². The summed E-state index contributed by atoms with van der Waals surface area (Å²) in [5, 5.41) is 3.78. The average Bonchev–Trinajstić information content (AvgIpc) is 3.09. The van der Waals surface area contributed by atoms with Crippen molar-refractivity contribution >= 4 is 46.6 Å². The number of imide groups is 1. The van der Waals surface area contributed by atoms with E-state index in [1.54, 1.807) is 12.1 Å². The molecule has 0 saturated carbocycles. The number of amides is 2. The van der Waals surface area contributed by atoms with Crippen LogP contribution in [-0.2, 0) is 16.0 Å². The number of rotatable bonds is 10. The SMILES string of the molecule is CCCCc1ccc(N2C(=O)C(Nc3ccc(OCC)cc3)=C(Sc3ccc(Cl)cc3)C2=O)cc1. The molecule has 35 heavy (non-hydrogen) atoms. The number of unbranched alkanes of at least 4 members (excludes halogenated alkanes) is 1. The summed E-state index contributed by atoms with van der Waals surface area (Å²) in [6.07, 6.45) is 3.18. The highest BCUT2D eigenvalue weighted by atomic mass is 35.5. The minimum Gasteiger partial charge on any atom is -0.494 e. The molecule has 0 aromatic heterocycles. The van der Waals surface area contributed by atoms with Gasteiger partial charge in [-0.15, -0.1) is 0 Å². The summed E-state index contributed by atoms with van der Waals surface area (Å²) in [5.74, 6) is -0.00671. The zero-order valence-electron chi connectivity index (χ0n) is 19.7. The number of carbonyl (C=O) groups excluding carboxylic acids is 2. The van der Waals surface area contributed by atoms with Gasteiger partial charge in [0.2, 0.25) is 0 Å². The summed E-state index contributed by atoms with van der Waals surface area (Å²) in [5.41, 5.74) is 2.67. The van der Waals surface area contributed by atoms with Gasteiger partial charge in [-0.1, -0.05) is 48.8 Å². The van der Waals surface area contributed by atoms with Crippen LogP contribution in [0.4, 0.5) is 11.4 Å². The number of hydrogen-bond donors (Lipinski definition) is 1. The molecule has 1 aliphatic rings. The molecule has 1 N–H and O–H groups in total. The van der Waals surface area contributed by atoms with Gasteiger partial charge in [-0.05, 0) is 86.0 Å². The van der Waals surface area contributed by atoms with Crippen LogP contribution in [0.5, 0.6) is 5.75 Å². The van der Waals surface area contributed by atoms with Crippen molar-refractivity contribution in [3.63, 3.8) is 0 Å². The third-order valence-electron chi connectivity index (χ3n) is 5.52. The van der Waals surface area contributed by atoms with Gasteiger partial charge in [-0.25, -0.2) is 4.90 Å². The lowest BCUT2D eigenvalue weighted by Gasteiger charge is -2.16. The number of carbonyl (C=O) groups is 2. The third-order valence-corrected chi connectivity index (χ3v) is 6.87. The second kappa shape index (κ2) is 11.5. The fourth-order valence-corrected chi connectivity index (χ4v) is 4.76. The molecule has 2 amide bonds. The quantitative estimate of drug-likeness (QED) is 0.298. The van der Waals surface area contributed by atoms with Crippen molar-refractivity contribution in [3.05, 3.63) is 94.0 Å². The molecule has 180 valence electrons. The van der Waals surface area contributed by atoms with Gasteiger partial charge in [0.05, 0.1) is 12.3 Å². The second-order valence-corrected chi connectivity index (χ2v) is 9.58. The van der Waals surface area contributed by atoms with Crippen molar-refractivity contribution in [2.75, 3.05) is 16.8 Å². The van der Waals surface area contributed by atoms with E-state index in [-0.39, 0.29) is 17.5 Å². The first-order valence-electron chi connectivity index (χ1n) is 11.7. The van der Waals surface area contributed by atoms with E-state index in [1.807, 2.05) is 67.6 Å². The summed E-state index contributed by atoms with van der Waals surface area (Å²) < 4.78 is 5.50. The van der Waals surface area contributed by atoms with Crippen LogP contribution in [-0.4, -0.2) is 18.4 Å². The van der Waals surface area contributed by atoms with Gasteiger partial charge in [-0.2, -0.15) is 0 Å². The molecular formula is C28H27ClN2O3S. The Balaban J connectivity index is 1.64. The van der Waals surface area contributed by atoms with Crippen molar-refractivity contribution in [1.82, 2.24) is 0 Å². The Morgan fingerprint density at radius 3 is 2.20 bits per heavy atom. The number of nitrogens with one attached hydrogen (secondary N) is 1. The van der Waals surface area contributed by atoms with E-state index in [4.69, 9.17) is 16.3 Å². The molecule has 0 saturated heterocycles. The molecule has 0 radical (unpaired) electrons. The maximum absolute atomic E-state index is 13.5. The molecule has 3 aromatic rings. The fourth-order valence-electron chi connectivity index (χ4n) is 3.71. The van der Waals surface area contributed by atoms with Gasteiger partial charge in [0, 0.05) is 15.6 Å². The molecule has 0 atom stereocenters. The third kappa shape index (κ3) is 5.89. The zero-order valence-corrected chi connectivity index (χ0v) is 21.3. The number of benzene rings is 3. The first-order valence-corrected chi connectivity index (χ1v) is 12.8. The summed E-state index contributed by atoms with van der Waals surface area (Å²) in [7, 11) is 0. The Morgan fingerprint density at radius 1 is 0.886 bits per heavy atom. The lowest BCUT2D eigenvalue weighted by atomic mass is 10.1. The van der Waals surface area contributed by atoms with E-state index < -0.39 is 0 Å². The number of hydrogen-bond acceptors (Lipinski definition) is 5. The molecule has 0 fully saturated rings. The highest BCUT2D eigenvalue weighted by Gasteiger charge is 2.40. The number of thioether (sulfide) groups is 1. The predicted molar refractivity (Wildman–Crippen MR) is 143 cm³/mol. The number of nitrogens with zero attached hydrogens (tertiary/aromatic N) is 1. The van der Waals surface area contributed by atoms with Gasteiger partial charge in [0.25, 0.3) is 11.8 Å². The zero-order chi connectivity index (χ0) is 24.8. The number of aryl methyl sites for hydroxylation is 1. The monoisotopic (exact) mass is 506 g/mol. The molecule has 3 aromatic carbocycles. The Bertz CT molecular complexity index is 1220. The van der Waals surface area contributed by atoms with Crippen molar-refractivity contribution < 1.29 is 14.3 Å². The van der Waals surface area contributed by atoms with Crippen molar-refractivity contribution in [2.24, 2.45) is 0 Å². The Labute approximate surface area is 215 Å². The molecule has 5 nitrogen and oxygen atoms in total. The highest BCUT2D eigenvalue weighted by molar-refractivity contribution is 8.04. The van der Waals surface area contributed by atoms with Crippen LogP contribution >= 0.6 is 23.4 Å². The van der Waals surface area contributed by atoms with Gasteiger partial charge in [0.1, 0.15) is 16.4 Å². The molecule has 0 bridgehead atoms. The number of ether oxygens (including phenoxy) is 1. The van der Waals surface area contributed by atoms with E-state index >= 15 is 0 Å². The van der Waals surface area contributed by atoms with Crippen LogP contribution in [0.2, 0.25) is 5.02 Å². The lowest BCUT2D eigenvalue weighted by molar-refractivity contribution is -0.120. The van der Waals surface area contributed by atoms with Crippen LogP contribution in [0.1, 0.15) is 32.3 Å². The number of halogens is 1. The summed E-state index contributed by atoms with van der Waals surface area (Å²) in [6.45, 7) is 4.64. The lowest BCUT2D eigenvalue weighted by Crippen LogP contribution is -2.32. The minimum atomic E-state index is -0.387. The molecular weight excluding hydrogens is 480 g/mol. The smallest absolute Gasteiger partial charge is 0.283 e. The molecule has 0 unspecified atom stereocenters. The summed E-state index contributed by atoms with van der Waals surface area (Å²) >= 11 is 7.27. The predicted octanol–water partition coefficient (Wildman–Crippen LogP) is 7.07. The standard InChI is InChI=1S/C28H27ClN2O3S/c1-3-5-6-19-7-13-22(14-8-19)31-27(32)25(30-21-11-15-23(16-12-21)34-4-2)26(28(31)33)35-24-17-9-20(29)10-18-24/h7-18,30H,3-6H2,1-2H3. The van der Waals surface area contributed by atoms with E-state index in [0.29, 0.717) is 27.9 Å². The van der Waals surface area contributed by atoms with Crippen LogP contribution in [0.3, 0.4) is 0 Å². The van der Waals surface area contributed by atoms with Crippen LogP contribution in [0, 0.1) is 0 Å². The molecule has 0 spiro atoms. The highest BCUT2D eigenvalue weighted by Crippen LogP contribution is 2.38. The summed E-state index contributed by atoms with van der Waals surface area (Å²) in [6, 6.07) is 22.1. The van der Waals surface area contributed by atoms with Crippen LogP contribution in [0.15, 0.2) is 88.3 Å². The normalized spacial score (nSPS) is 13.5. The molecule has 4 rings (SSSR count). The van der Waals surface area contributed by atoms with Gasteiger partial charge < -0.3 is 10.1 Å². The topological polar surface area (TPSA) is 58.6 Å².